The molecule has 0 spiro atoms. The van der Waals surface area contributed by atoms with Crippen LogP contribution in [-0.2, 0) is 16.0 Å². The SMILES string of the molecule is C=C(Cl)S/C(=C\N)C(C)(NS(=O)[O-])C(CCC)OC. The number of hydrogen-bond acceptors (Lipinski definition) is 5. The van der Waals surface area contributed by atoms with Crippen molar-refractivity contribution in [2.75, 3.05) is 7.11 Å². The van der Waals surface area contributed by atoms with Crippen LogP contribution in [0, 0.1) is 0 Å². The fourth-order valence-corrected chi connectivity index (χ4v) is 3.39. The summed E-state index contributed by atoms with van der Waals surface area (Å²) in [5.74, 6) is 0. The molecule has 0 bridgehead atoms. The number of nitrogens with one attached hydrogen (secondary N) is 1. The molecule has 19 heavy (non-hydrogen) atoms. The summed E-state index contributed by atoms with van der Waals surface area (Å²) < 4.78 is 30.3. The summed E-state index contributed by atoms with van der Waals surface area (Å²) in [5, 5.41) is 0. The Labute approximate surface area is 126 Å². The van der Waals surface area contributed by atoms with Crippen molar-refractivity contribution >= 4 is 34.6 Å². The molecule has 0 aromatic rings. The van der Waals surface area contributed by atoms with E-state index in [4.69, 9.17) is 22.1 Å². The molecule has 0 amide bonds. The molecular formula is C11H20ClN2O3S2-. The highest BCUT2D eigenvalue weighted by molar-refractivity contribution is 8.08. The zero-order valence-electron chi connectivity index (χ0n) is 11.3. The van der Waals surface area contributed by atoms with Gasteiger partial charge in [-0.1, -0.05) is 43.3 Å². The molecule has 0 saturated carbocycles. The van der Waals surface area contributed by atoms with Gasteiger partial charge in [-0.3, -0.25) is 4.21 Å². The molecule has 0 rings (SSSR count). The fourth-order valence-electron chi connectivity index (χ4n) is 1.78. The largest absolute Gasteiger partial charge is 0.760 e. The van der Waals surface area contributed by atoms with Gasteiger partial charge in [0.2, 0.25) is 0 Å². The van der Waals surface area contributed by atoms with E-state index < -0.39 is 16.8 Å². The monoisotopic (exact) mass is 327 g/mol. The summed E-state index contributed by atoms with van der Waals surface area (Å²) >= 11 is 4.42. The van der Waals surface area contributed by atoms with Crippen molar-refractivity contribution in [2.24, 2.45) is 5.73 Å². The highest BCUT2D eigenvalue weighted by atomic mass is 35.5. The molecule has 3 atom stereocenters. The van der Waals surface area contributed by atoms with Crippen LogP contribution < -0.4 is 10.5 Å². The highest BCUT2D eigenvalue weighted by Crippen LogP contribution is 2.38. The van der Waals surface area contributed by atoms with E-state index in [2.05, 4.69) is 11.3 Å². The first-order valence-electron chi connectivity index (χ1n) is 5.66. The van der Waals surface area contributed by atoms with Crippen LogP contribution in [0.5, 0.6) is 0 Å². The van der Waals surface area contributed by atoms with E-state index in [-0.39, 0.29) is 6.10 Å². The van der Waals surface area contributed by atoms with Crippen LogP contribution in [0.1, 0.15) is 26.7 Å². The zero-order valence-corrected chi connectivity index (χ0v) is 13.7. The van der Waals surface area contributed by atoms with Crippen LogP contribution in [0.3, 0.4) is 0 Å². The van der Waals surface area contributed by atoms with Gasteiger partial charge in [-0.25, -0.2) is 4.72 Å². The summed E-state index contributed by atoms with van der Waals surface area (Å²) in [6.45, 7) is 7.27. The average Bonchev–Trinajstić information content (AvgIpc) is 2.31. The van der Waals surface area contributed by atoms with Crippen LogP contribution in [0.4, 0.5) is 0 Å². The maximum Gasteiger partial charge on any atom is 0.0853 e. The van der Waals surface area contributed by atoms with Gasteiger partial charge in [0.05, 0.1) is 16.0 Å². The van der Waals surface area contributed by atoms with Crippen molar-refractivity contribution in [3.63, 3.8) is 0 Å². The van der Waals surface area contributed by atoms with E-state index in [1.807, 2.05) is 6.92 Å². The minimum Gasteiger partial charge on any atom is -0.760 e. The Balaban J connectivity index is 5.46. The number of ether oxygens (including phenoxy) is 1. The third kappa shape index (κ3) is 5.85. The van der Waals surface area contributed by atoms with Crippen LogP contribution in [0.15, 0.2) is 22.0 Å². The topological polar surface area (TPSA) is 87.4 Å². The number of thioether (sulfide) groups is 1. The summed E-state index contributed by atoms with van der Waals surface area (Å²) in [5.41, 5.74) is 4.60. The molecule has 0 aromatic carbocycles. The van der Waals surface area contributed by atoms with Gasteiger partial charge in [-0.2, -0.15) is 0 Å². The van der Waals surface area contributed by atoms with Crippen molar-refractivity contribution in [2.45, 2.75) is 38.3 Å². The molecule has 0 saturated heterocycles. The molecule has 0 radical (unpaired) electrons. The van der Waals surface area contributed by atoms with Crippen molar-refractivity contribution in [1.29, 1.82) is 0 Å². The molecule has 5 nitrogen and oxygen atoms in total. The van der Waals surface area contributed by atoms with Crippen molar-refractivity contribution in [1.82, 2.24) is 4.72 Å². The van der Waals surface area contributed by atoms with Crippen LogP contribution in [-0.4, -0.2) is 27.5 Å². The summed E-state index contributed by atoms with van der Waals surface area (Å²) in [6, 6.07) is 0. The van der Waals surface area contributed by atoms with Gasteiger partial charge in [0.1, 0.15) is 0 Å². The summed E-state index contributed by atoms with van der Waals surface area (Å²) in [4.78, 5) is 0.539. The average molecular weight is 328 g/mol. The Morgan fingerprint density at radius 3 is 2.68 bits per heavy atom. The van der Waals surface area contributed by atoms with Gasteiger partial charge in [0, 0.05) is 29.5 Å². The van der Waals surface area contributed by atoms with E-state index >= 15 is 0 Å². The molecule has 112 valence electrons. The predicted octanol–water partition coefficient (Wildman–Crippen LogP) is 2.19. The summed E-state index contributed by atoms with van der Waals surface area (Å²) in [6.07, 6.45) is 2.46. The van der Waals surface area contributed by atoms with Crippen LogP contribution in [0.25, 0.3) is 0 Å². The number of hydrogen-bond donors (Lipinski definition) is 2. The highest BCUT2D eigenvalue weighted by Gasteiger charge is 2.38. The maximum atomic E-state index is 11.0. The minimum atomic E-state index is -2.46. The Hall–Kier alpha value is -0.0500. The molecule has 0 heterocycles. The number of rotatable bonds is 9. The van der Waals surface area contributed by atoms with Crippen LogP contribution >= 0.6 is 23.4 Å². The lowest BCUT2D eigenvalue weighted by Gasteiger charge is -2.39. The number of methoxy groups -OCH3 is 1. The number of nitrogens with two attached hydrogens (primary N) is 1. The fraction of sp³-hybridized carbons (Fsp3) is 0.636. The molecule has 8 heteroatoms. The predicted molar refractivity (Wildman–Crippen MR) is 81.0 cm³/mol. The zero-order chi connectivity index (χ0) is 15.1. The normalized spacial score (nSPS) is 18.7. The minimum absolute atomic E-state index is 0.299. The van der Waals surface area contributed by atoms with Crippen molar-refractivity contribution in [3.8, 4) is 0 Å². The van der Waals surface area contributed by atoms with Gasteiger partial charge >= 0.3 is 0 Å². The summed E-state index contributed by atoms with van der Waals surface area (Å²) in [7, 11) is 1.53. The molecule has 3 unspecified atom stereocenters. The first-order valence-corrected chi connectivity index (χ1v) is 7.93. The lowest BCUT2D eigenvalue weighted by molar-refractivity contribution is 0.0451. The molecular weight excluding hydrogens is 308 g/mol. The second-order valence-corrected chi connectivity index (χ2v) is 6.53. The van der Waals surface area contributed by atoms with Gasteiger partial charge in [0.15, 0.2) is 0 Å². The Bertz CT molecular complexity index is 366. The van der Waals surface area contributed by atoms with Gasteiger partial charge in [-0.05, 0) is 13.3 Å². The molecule has 0 fully saturated rings. The van der Waals surface area contributed by atoms with E-state index in [9.17, 15) is 8.76 Å². The lowest BCUT2D eigenvalue weighted by atomic mass is 9.92. The van der Waals surface area contributed by atoms with E-state index in [0.717, 1.165) is 18.2 Å². The number of halogens is 1. The Kier molecular flexibility index (Phi) is 8.97. The molecule has 3 N–H and O–H groups in total. The second kappa shape index (κ2) is 8.99. The van der Waals surface area contributed by atoms with Crippen molar-refractivity contribution in [3.05, 3.63) is 22.0 Å². The third-order valence-electron chi connectivity index (χ3n) is 2.66. The molecule has 0 aromatic heterocycles. The third-order valence-corrected chi connectivity index (χ3v) is 4.48. The maximum absolute atomic E-state index is 11.0. The molecule has 0 aliphatic heterocycles. The van der Waals surface area contributed by atoms with Crippen molar-refractivity contribution < 1.29 is 13.5 Å². The molecule has 0 aliphatic rings. The van der Waals surface area contributed by atoms with Gasteiger partial charge < -0.3 is 15.0 Å². The first-order chi connectivity index (χ1) is 8.81. The van der Waals surface area contributed by atoms with Gasteiger partial charge in [-0.15, -0.1) is 0 Å². The van der Waals surface area contributed by atoms with Gasteiger partial charge in [0.25, 0.3) is 0 Å². The van der Waals surface area contributed by atoms with E-state index in [0.29, 0.717) is 15.7 Å². The van der Waals surface area contributed by atoms with E-state index in [1.165, 1.54) is 13.3 Å². The lowest BCUT2D eigenvalue weighted by Crippen LogP contribution is -2.54. The quantitative estimate of drug-likeness (QED) is 0.634. The molecule has 0 aliphatic carbocycles. The standard InChI is InChI=1S/C11H21ClN2O3S2/c1-5-6-9(17-4)11(3,14-19(15)16)10(7-13)18-8(2)12/h7,9,14H,2,5-6,13H2,1,3-4H3,(H,15,16)/p-1/b10-7-. The Morgan fingerprint density at radius 1 is 1.79 bits per heavy atom. The smallest absolute Gasteiger partial charge is 0.0853 e. The second-order valence-electron chi connectivity index (χ2n) is 4.04. The van der Waals surface area contributed by atoms with E-state index in [1.54, 1.807) is 6.92 Å². The van der Waals surface area contributed by atoms with Crippen LogP contribution in [0.2, 0.25) is 0 Å². The Morgan fingerprint density at radius 2 is 2.37 bits per heavy atom. The first kappa shape index (κ1) is 18.9.